The molecule has 0 saturated heterocycles. The number of sulfone groups is 1. The zero-order valence-corrected chi connectivity index (χ0v) is 13.8. The Morgan fingerprint density at radius 3 is 2.64 bits per heavy atom. The lowest BCUT2D eigenvalue weighted by atomic mass is 10.3. The Bertz CT molecular complexity index is 1030. The third-order valence-electron chi connectivity index (χ3n) is 3.27. The molecule has 25 heavy (non-hydrogen) atoms. The molecule has 0 aliphatic rings. The van der Waals surface area contributed by atoms with Gasteiger partial charge in [0.2, 0.25) is 0 Å². The fourth-order valence-corrected chi connectivity index (χ4v) is 2.95. The van der Waals surface area contributed by atoms with Crippen LogP contribution in [0.4, 0.5) is 5.69 Å². The third-order valence-corrected chi connectivity index (χ3v) is 4.38. The fourth-order valence-electron chi connectivity index (χ4n) is 2.14. The van der Waals surface area contributed by atoms with Crippen molar-refractivity contribution < 1.29 is 18.1 Å². The molecule has 10 heteroatoms. The zero-order chi connectivity index (χ0) is 18.0. The summed E-state index contributed by atoms with van der Waals surface area (Å²) in [4.78, 5) is 13.8. The average molecular weight is 360 g/mol. The molecule has 1 aromatic heterocycles. The Morgan fingerprint density at radius 2 is 2.00 bits per heavy atom. The molecule has 3 rings (SSSR count). The molecule has 9 nitrogen and oxygen atoms in total. The maximum atomic E-state index is 11.9. The van der Waals surface area contributed by atoms with Crippen molar-refractivity contribution in [1.29, 1.82) is 0 Å². The summed E-state index contributed by atoms with van der Waals surface area (Å²) in [6.07, 6.45) is 3.85. The standard InChI is InChI=1S/C15H12N4O5S/c1-25(22,23)15-8-12(19(20)21)5-6-14(15)24-13-4-2-3-11(7-13)18-10-16-9-17-18/h2-10H,1H3. The predicted octanol–water partition coefficient (Wildman–Crippen LogP) is 2.37. The summed E-state index contributed by atoms with van der Waals surface area (Å²) in [6.45, 7) is 0. The topological polar surface area (TPSA) is 117 Å². The van der Waals surface area contributed by atoms with Crippen molar-refractivity contribution in [1.82, 2.24) is 14.8 Å². The second kappa shape index (κ2) is 6.32. The molecular weight excluding hydrogens is 348 g/mol. The largest absolute Gasteiger partial charge is 0.456 e. The van der Waals surface area contributed by atoms with Crippen molar-refractivity contribution in [2.24, 2.45) is 0 Å². The van der Waals surface area contributed by atoms with E-state index in [0.717, 1.165) is 12.3 Å². The highest BCUT2D eigenvalue weighted by Gasteiger charge is 2.20. The van der Waals surface area contributed by atoms with Crippen LogP contribution in [0.15, 0.2) is 60.0 Å². The van der Waals surface area contributed by atoms with Gasteiger partial charge in [0, 0.05) is 24.5 Å². The number of nitrogens with zero attached hydrogens (tertiary/aromatic N) is 4. The van der Waals surface area contributed by atoms with Crippen LogP contribution < -0.4 is 4.74 Å². The molecule has 2 aromatic carbocycles. The molecular formula is C15H12N4O5S. The normalized spacial score (nSPS) is 11.2. The SMILES string of the molecule is CS(=O)(=O)c1cc([N+](=O)[O-])ccc1Oc1cccc(-n2cncn2)c1. The van der Waals surface area contributed by atoms with Crippen molar-refractivity contribution in [2.45, 2.75) is 4.90 Å². The Morgan fingerprint density at radius 1 is 1.20 bits per heavy atom. The monoisotopic (exact) mass is 360 g/mol. The lowest BCUT2D eigenvalue weighted by Gasteiger charge is -2.11. The molecule has 1 heterocycles. The molecule has 0 N–H and O–H groups in total. The summed E-state index contributed by atoms with van der Waals surface area (Å²) in [5.41, 5.74) is 0.335. The Hall–Kier alpha value is -3.27. The first kappa shape index (κ1) is 16.6. The molecule has 0 fully saturated rings. The van der Waals surface area contributed by atoms with E-state index >= 15 is 0 Å². The molecule has 0 atom stereocenters. The summed E-state index contributed by atoms with van der Waals surface area (Å²) >= 11 is 0. The van der Waals surface area contributed by atoms with Gasteiger partial charge in [-0.1, -0.05) is 6.07 Å². The van der Waals surface area contributed by atoms with Gasteiger partial charge in [-0.25, -0.2) is 18.1 Å². The third kappa shape index (κ3) is 3.63. The van der Waals surface area contributed by atoms with Crippen LogP contribution in [0.1, 0.15) is 0 Å². The number of hydrogen-bond acceptors (Lipinski definition) is 7. The lowest BCUT2D eigenvalue weighted by molar-refractivity contribution is -0.385. The second-order valence-corrected chi connectivity index (χ2v) is 7.08. The van der Waals surface area contributed by atoms with Crippen LogP contribution in [0.3, 0.4) is 0 Å². The van der Waals surface area contributed by atoms with Crippen LogP contribution >= 0.6 is 0 Å². The molecule has 0 radical (unpaired) electrons. The molecule has 0 bridgehead atoms. The Kier molecular flexibility index (Phi) is 4.19. The molecule has 0 saturated carbocycles. The molecule has 0 unspecified atom stereocenters. The van der Waals surface area contributed by atoms with Crippen LogP contribution in [0, 0.1) is 10.1 Å². The maximum absolute atomic E-state index is 11.9. The molecule has 3 aromatic rings. The van der Waals surface area contributed by atoms with E-state index in [1.54, 1.807) is 24.3 Å². The smallest absolute Gasteiger partial charge is 0.271 e. The quantitative estimate of drug-likeness (QED) is 0.506. The summed E-state index contributed by atoms with van der Waals surface area (Å²) in [7, 11) is -3.72. The zero-order valence-electron chi connectivity index (χ0n) is 12.9. The lowest BCUT2D eigenvalue weighted by Crippen LogP contribution is -2.02. The van der Waals surface area contributed by atoms with Gasteiger partial charge in [-0.2, -0.15) is 5.10 Å². The minimum absolute atomic E-state index is 0.00356. The minimum Gasteiger partial charge on any atom is -0.456 e. The van der Waals surface area contributed by atoms with Gasteiger partial charge in [-0.15, -0.1) is 0 Å². The minimum atomic E-state index is -3.72. The van der Waals surface area contributed by atoms with Gasteiger partial charge in [0.1, 0.15) is 29.0 Å². The summed E-state index contributed by atoms with van der Waals surface area (Å²) in [5, 5.41) is 14.9. The van der Waals surface area contributed by atoms with Crippen LogP contribution in [-0.4, -0.2) is 34.4 Å². The van der Waals surface area contributed by atoms with Crippen LogP contribution in [0.2, 0.25) is 0 Å². The highest BCUT2D eigenvalue weighted by molar-refractivity contribution is 7.90. The van der Waals surface area contributed by atoms with Crippen molar-refractivity contribution in [3.8, 4) is 17.2 Å². The van der Waals surface area contributed by atoms with Crippen molar-refractivity contribution >= 4 is 15.5 Å². The first-order valence-electron chi connectivity index (χ1n) is 6.96. The number of non-ortho nitro benzene ring substituents is 1. The molecule has 0 aliphatic heterocycles. The number of rotatable bonds is 5. The number of nitro benzene ring substituents is 1. The number of nitro groups is 1. The van der Waals surface area contributed by atoms with E-state index in [2.05, 4.69) is 10.1 Å². The predicted molar refractivity (Wildman–Crippen MR) is 87.6 cm³/mol. The highest BCUT2D eigenvalue weighted by atomic mass is 32.2. The number of ether oxygens (including phenoxy) is 1. The van der Waals surface area contributed by atoms with E-state index in [4.69, 9.17) is 4.74 Å². The summed E-state index contributed by atoms with van der Waals surface area (Å²) in [5.74, 6) is 0.357. The van der Waals surface area contributed by atoms with E-state index in [1.807, 2.05) is 0 Å². The number of benzene rings is 2. The molecule has 0 aliphatic carbocycles. The van der Waals surface area contributed by atoms with Crippen LogP contribution in [-0.2, 0) is 9.84 Å². The van der Waals surface area contributed by atoms with Crippen molar-refractivity contribution in [2.75, 3.05) is 6.26 Å². The van der Waals surface area contributed by atoms with Crippen LogP contribution in [0.5, 0.6) is 11.5 Å². The molecule has 128 valence electrons. The van der Waals surface area contributed by atoms with Gasteiger partial charge in [-0.05, 0) is 18.2 Å². The highest BCUT2D eigenvalue weighted by Crippen LogP contribution is 2.32. The summed E-state index contributed by atoms with van der Waals surface area (Å²) in [6, 6.07) is 10.2. The first-order valence-corrected chi connectivity index (χ1v) is 8.85. The van der Waals surface area contributed by atoms with E-state index in [-0.39, 0.29) is 16.3 Å². The second-order valence-electron chi connectivity index (χ2n) is 5.10. The number of aromatic nitrogens is 3. The van der Waals surface area contributed by atoms with Gasteiger partial charge in [-0.3, -0.25) is 10.1 Å². The van der Waals surface area contributed by atoms with E-state index in [0.29, 0.717) is 11.4 Å². The van der Waals surface area contributed by atoms with Crippen LogP contribution in [0.25, 0.3) is 5.69 Å². The maximum Gasteiger partial charge on any atom is 0.271 e. The van der Waals surface area contributed by atoms with Crippen molar-refractivity contribution in [3.05, 3.63) is 65.2 Å². The Balaban J connectivity index is 2.01. The van der Waals surface area contributed by atoms with Gasteiger partial charge in [0.05, 0.1) is 10.6 Å². The summed E-state index contributed by atoms with van der Waals surface area (Å²) < 4.78 is 31.1. The van der Waals surface area contributed by atoms with E-state index in [9.17, 15) is 18.5 Å². The van der Waals surface area contributed by atoms with Crippen molar-refractivity contribution in [3.63, 3.8) is 0 Å². The van der Waals surface area contributed by atoms with Gasteiger partial charge in [0.25, 0.3) is 5.69 Å². The van der Waals surface area contributed by atoms with Gasteiger partial charge < -0.3 is 4.74 Å². The van der Waals surface area contributed by atoms with E-state index < -0.39 is 14.8 Å². The van der Waals surface area contributed by atoms with E-state index in [1.165, 1.54) is 29.5 Å². The molecule has 0 amide bonds. The average Bonchev–Trinajstić information content (AvgIpc) is 3.09. The van der Waals surface area contributed by atoms with Gasteiger partial charge in [0.15, 0.2) is 9.84 Å². The first-order chi connectivity index (χ1) is 11.8. The fraction of sp³-hybridized carbons (Fsp3) is 0.0667. The number of hydrogen-bond donors (Lipinski definition) is 0. The molecule has 0 spiro atoms. The van der Waals surface area contributed by atoms with Gasteiger partial charge >= 0.3 is 0 Å². The Labute approximate surface area is 142 Å².